The molecular formula is C30H34N6O6S. The number of nitrogens with one attached hydrogen (secondary N) is 1. The fraction of sp³-hybridized carbons (Fsp3) is 0.300. The van der Waals surface area contributed by atoms with Gasteiger partial charge in [0.25, 0.3) is 15.9 Å². The van der Waals surface area contributed by atoms with E-state index in [-0.39, 0.29) is 51.6 Å². The topological polar surface area (TPSA) is 169 Å². The number of amides is 1. The summed E-state index contributed by atoms with van der Waals surface area (Å²) in [5, 5.41) is 0. The molecule has 2 aromatic heterocycles. The van der Waals surface area contributed by atoms with Crippen molar-refractivity contribution in [2.45, 2.75) is 57.0 Å². The highest BCUT2D eigenvalue weighted by Crippen LogP contribution is 2.42. The summed E-state index contributed by atoms with van der Waals surface area (Å²) in [5.41, 5.74) is 6.24. The van der Waals surface area contributed by atoms with Crippen LogP contribution in [0.4, 0.5) is 5.82 Å². The van der Waals surface area contributed by atoms with Gasteiger partial charge in [-0.2, -0.15) is 4.98 Å². The quantitative estimate of drug-likeness (QED) is 0.227. The van der Waals surface area contributed by atoms with Crippen LogP contribution >= 0.6 is 0 Å². The van der Waals surface area contributed by atoms with Gasteiger partial charge in [-0.3, -0.25) is 9.52 Å². The largest absolute Gasteiger partial charge is 0.493 e. The van der Waals surface area contributed by atoms with Gasteiger partial charge in [0.15, 0.2) is 23.1 Å². The van der Waals surface area contributed by atoms with Gasteiger partial charge >= 0.3 is 0 Å². The first-order valence-corrected chi connectivity index (χ1v) is 15.0. The SMILES string of the molecule is CCC(CC(N)=O)Oc1nc(-c2ncccn2)nc(NS(=O)(=O)c2ccc(C(C)(C)C)cc2)c1Oc1ccccc1OC. The monoisotopic (exact) mass is 606 g/mol. The maximum atomic E-state index is 13.7. The molecule has 3 N–H and O–H groups in total. The summed E-state index contributed by atoms with van der Waals surface area (Å²) in [7, 11) is -2.73. The van der Waals surface area contributed by atoms with Crippen LogP contribution in [-0.2, 0) is 20.2 Å². The number of aromatic nitrogens is 4. The predicted molar refractivity (Wildman–Crippen MR) is 161 cm³/mol. The maximum absolute atomic E-state index is 13.7. The lowest BCUT2D eigenvalue weighted by Gasteiger charge is -2.21. The molecule has 1 atom stereocenters. The average molecular weight is 607 g/mol. The van der Waals surface area contributed by atoms with E-state index in [9.17, 15) is 13.2 Å². The second-order valence-corrected chi connectivity index (χ2v) is 12.2. The predicted octanol–water partition coefficient (Wildman–Crippen LogP) is 4.87. The van der Waals surface area contributed by atoms with Crippen LogP contribution in [0.1, 0.15) is 46.1 Å². The molecule has 0 bridgehead atoms. The van der Waals surface area contributed by atoms with E-state index in [1.807, 2.05) is 27.7 Å². The second-order valence-electron chi connectivity index (χ2n) is 10.6. The highest BCUT2D eigenvalue weighted by atomic mass is 32.2. The van der Waals surface area contributed by atoms with Crippen molar-refractivity contribution in [1.82, 2.24) is 19.9 Å². The molecule has 0 spiro atoms. The first-order valence-electron chi connectivity index (χ1n) is 13.5. The standard InChI is InChI=1S/C30H34N6O6S/c1-6-20(18-24(31)37)41-29-25(42-23-11-8-7-10-22(23)40-5)26(34-28(35-29)27-32-16-9-17-33-27)36-43(38,39)21-14-12-19(13-15-21)30(2,3)4/h7-17,20H,6,18H2,1-5H3,(H2,31,37)(H,34,35,36). The van der Waals surface area contributed by atoms with Crippen molar-refractivity contribution in [3.63, 3.8) is 0 Å². The third kappa shape index (κ3) is 7.74. The molecular weight excluding hydrogens is 572 g/mol. The van der Waals surface area contributed by atoms with Gasteiger partial charge in [0.05, 0.1) is 18.4 Å². The Kier molecular flexibility index (Phi) is 9.44. The third-order valence-corrected chi connectivity index (χ3v) is 7.66. The number of sulfonamides is 1. The van der Waals surface area contributed by atoms with Crippen molar-refractivity contribution in [3.05, 3.63) is 72.6 Å². The van der Waals surface area contributed by atoms with Gasteiger partial charge in [0.1, 0.15) is 6.10 Å². The van der Waals surface area contributed by atoms with E-state index in [2.05, 4.69) is 24.7 Å². The van der Waals surface area contributed by atoms with E-state index >= 15 is 0 Å². The van der Waals surface area contributed by atoms with E-state index in [1.165, 1.54) is 31.6 Å². The molecule has 0 aliphatic heterocycles. The number of hydrogen-bond acceptors (Lipinski definition) is 10. The summed E-state index contributed by atoms with van der Waals surface area (Å²) in [6, 6.07) is 14.9. The minimum atomic E-state index is -4.20. The minimum Gasteiger partial charge on any atom is -0.493 e. The highest BCUT2D eigenvalue weighted by molar-refractivity contribution is 7.92. The highest BCUT2D eigenvalue weighted by Gasteiger charge is 2.28. The lowest BCUT2D eigenvalue weighted by atomic mass is 9.87. The Bertz CT molecular complexity index is 1680. The van der Waals surface area contributed by atoms with Crippen molar-refractivity contribution < 1.29 is 27.4 Å². The van der Waals surface area contributed by atoms with Crippen LogP contribution in [0, 0.1) is 0 Å². The third-order valence-electron chi connectivity index (χ3n) is 6.31. The number of hydrogen-bond donors (Lipinski definition) is 2. The van der Waals surface area contributed by atoms with Crippen LogP contribution in [0.2, 0.25) is 0 Å². The first kappa shape index (κ1) is 31.2. The van der Waals surface area contributed by atoms with Crippen molar-refractivity contribution in [1.29, 1.82) is 0 Å². The molecule has 0 saturated heterocycles. The number of carbonyl (C=O) groups is 1. The smallest absolute Gasteiger partial charge is 0.264 e. The Morgan fingerprint density at radius 2 is 1.60 bits per heavy atom. The zero-order valence-electron chi connectivity index (χ0n) is 24.6. The van der Waals surface area contributed by atoms with Gasteiger partial charge in [0, 0.05) is 12.4 Å². The van der Waals surface area contributed by atoms with Crippen LogP contribution in [0.15, 0.2) is 71.9 Å². The molecule has 0 aliphatic carbocycles. The van der Waals surface area contributed by atoms with E-state index in [0.29, 0.717) is 12.2 Å². The molecule has 0 aliphatic rings. The number of benzene rings is 2. The van der Waals surface area contributed by atoms with Crippen LogP contribution in [0.3, 0.4) is 0 Å². The van der Waals surface area contributed by atoms with Gasteiger partial charge in [-0.1, -0.05) is 52.0 Å². The summed E-state index contributed by atoms with van der Waals surface area (Å²) in [6.45, 7) is 7.91. The number of anilines is 1. The lowest BCUT2D eigenvalue weighted by molar-refractivity contribution is -0.119. The van der Waals surface area contributed by atoms with Crippen molar-refractivity contribution in [3.8, 4) is 34.8 Å². The van der Waals surface area contributed by atoms with Crippen molar-refractivity contribution in [2.24, 2.45) is 5.73 Å². The molecule has 2 heterocycles. The summed E-state index contributed by atoms with van der Waals surface area (Å²) in [5.74, 6) is -0.489. The molecule has 4 rings (SSSR count). The first-order chi connectivity index (χ1) is 20.4. The summed E-state index contributed by atoms with van der Waals surface area (Å²) >= 11 is 0. The molecule has 12 nitrogen and oxygen atoms in total. The molecule has 0 fully saturated rings. The zero-order chi connectivity index (χ0) is 31.2. The van der Waals surface area contributed by atoms with E-state index in [1.54, 1.807) is 42.5 Å². The van der Waals surface area contributed by atoms with Crippen molar-refractivity contribution in [2.75, 3.05) is 11.8 Å². The normalized spacial score (nSPS) is 12.3. The molecule has 0 radical (unpaired) electrons. The molecule has 1 amide bonds. The Balaban J connectivity index is 1.90. The van der Waals surface area contributed by atoms with Gasteiger partial charge in [-0.15, -0.1) is 0 Å². The molecule has 0 saturated carbocycles. The number of ether oxygens (including phenoxy) is 3. The van der Waals surface area contributed by atoms with Crippen LogP contribution in [-0.4, -0.2) is 47.5 Å². The number of nitrogens with two attached hydrogens (primary N) is 1. The molecule has 43 heavy (non-hydrogen) atoms. The fourth-order valence-electron chi connectivity index (χ4n) is 3.97. The Hall–Kier alpha value is -4.78. The maximum Gasteiger partial charge on any atom is 0.264 e. The average Bonchev–Trinajstić information content (AvgIpc) is 2.98. The Morgan fingerprint density at radius 3 is 2.19 bits per heavy atom. The number of rotatable bonds is 12. The fourth-order valence-corrected chi connectivity index (χ4v) is 4.98. The van der Waals surface area contributed by atoms with Gasteiger partial charge in [-0.05, 0) is 47.7 Å². The number of primary amides is 1. The molecule has 1 unspecified atom stereocenters. The van der Waals surface area contributed by atoms with E-state index in [4.69, 9.17) is 19.9 Å². The Morgan fingerprint density at radius 1 is 0.953 bits per heavy atom. The van der Waals surface area contributed by atoms with Crippen LogP contribution in [0.5, 0.6) is 23.1 Å². The van der Waals surface area contributed by atoms with Gasteiger partial charge in [-0.25, -0.2) is 23.4 Å². The van der Waals surface area contributed by atoms with Crippen molar-refractivity contribution >= 4 is 21.7 Å². The molecule has 226 valence electrons. The van der Waals surface area contributed by atoms with E-state index in [0.717, 1.165) is 5.56 Å². The zero-order valence-corrected chi connectivity index (χ0v) is 25.4. The summed E-state index contributed by atoms with van der Waals surface area (Å²) in [4.78, 5) is 29.1. The molecule has 13 heteroatoms. The minimum absolute atomic E-state index is 0.00231. The number of methoxy groups -OCH3 is 1. The second kappa shape index (κ2) is 13.0. The van der Waals surface area contributed by atoms with Gasteiger partial charge in [0.2, 0.25) is 17.5 Å². The van der Waals surface area contributed by atoms with Crippen LogP contribution < -0.4 is 24.7 Å². The number of nitrogens with zero attached hydrogens (tertiary/aromatic N) is 4. The van der Waals surface area contributed by atoms with Gasteiger partial charge < -0.3 is 19.9 Å². The molecule has 2 aromatic carbocycles. The lowest BCUT2D eigenvalue weighted by Crippen LogP contribution is -2.25. The summed E-state index contributed by atoms with van der Waals surface area (Å²) < 4.78 is 47.6. The number of carbonyl (C=O) groups excluding carboxylic acids is 1. The van der Waals surface area contributed by atoms with Crippen LogP contribution in [0.25, 0.3) is 11.6 Å². The number of para-hydroxylation sites is 2. The Labute approximate surface area is 250 Å². The summed E-state index contributed by atoms with van der Waals surface area (Å²) in [6.07, 6.45) is 2.56. The molecule has 4 aromatic rings. The van der Waals surface area contributed by atoms with E-state index < -0.39 is 22.0 Å².